The van der Waals surface area contributed by atoms with Gasteiger partial charge in [0, 0.05) is 22.8 Å². The zero-order valence-electron chi connectivity index (χ0n) is 9.77. The number of benzene rings is 1. The fraction of sp³-hybridized carbons (Fsp3) is 0.0714. The third kappa shape index (κ3) is 2.07. The van der Waals surface area contributed by atoms with Crippen molar-refractivity contribution < 1.29 is 0 Å². The van der Waals surface area contributed by atoms with Crippen molar-refractivity contribution in [3.8, 4) is 21.8 Å². The lowest BCUT2D eigenvalue weighted by Gasteiger charge is -2.05. The Morgan fingerprint density at radius 2 is 2.11 bits per heavy atom. The second-order valence-electron chi connectivity index (χ2n) is 4.07. The van der Waals surface area contributed by atoms with Crippen LogP contribution in [0.5, 0.6) is 0 Å². The number of nitrogens with zero attached hydrogens (tertiary/aromatic N) is 1. The number of hydrogen-bond acceptors (Lipinski definition) is 2. The van der Waals surface area contributed by atoms with Crippen molar-refractivity contribution in [2.45, 2.75) is 6.92 Å². The highest BCUT2D eigenvalue weighted by Gasteiger charge is 2.07. The molecular formula is C14H11ClN2S. The lowest BCUT2D eigenvalue weighted by atomic mass is 10.0. The van der Waals surface area contributed by atoms with Gasteiger partial charge < -0.3 is 4.98 Å². The van der Waals surface area contributed by atoms with Gasteiger partial charge in [0.1, 0.15) is 5.82 Å². The third-order valence-corrected chi connectivity index (χ3v) is 4.10. The lowest BCUT2D eigenvalue weighted by molar-refractivity contribution is 1.30. The minimum Gasteiger partial charge on any atom is -0.345 e. The van der Waals surface area contributed by atoms with Crippen LogP contribution in [0.1, 0.15) is 5.56 Å². The van der Waals surface area contributed by atoms with E-state index in [2.05, 4.69) is 41.2 Å². The van der Waals surface area contributed by atoms with Crippen LogP contribution in [0.25, 0.3) is 21.8 Å². The van der Waals surface area contributed by atoms with E-state index in [1.807, 2.05) is 12.3 Å². The van der Waals surface area contributed by atoms with Crippen LogP contribution >= 0.6 is 22.9 Å². The first kappa shape index (κ1) is 11.5. The molecule has 0 bridgehead atoms. The summed E-state index contributed by atoms with van der Waals surface area (Å²) in [5, 5.41) is 0. The lowest BCUT2D eigenvalue weighted by Crippen LogP contribution is -1.85. The molecule has 1 aromatic carbocycles. The van der Waals surface area contributed by atoms with Gasteiger partial charge in [0.2, 0.25) is 0 Å². The standard InChI is InChI=1S/C14H11ClN2S/c1-9-8-10(14-16-6-7-17-14)2-3-11(9)12-4-5-13(15)18-12/h2-8H,1H3,(H,16,17). The normalized spacial score (nSPS) is 10.8. The molecule has 0 radical (unpaired) electrons. The van der Waals surface area contributed by atoms with E-state index in [9.17, 15) is 0 Å². The number of aromatic nitrogens is 2. The Morgan fingerprint density at radius 3 is 2.72 bits per heavy atom. The SMILES string of the molecule is Cc1cc(-c2ncc[nH]2)ccc1-c1ccc(Cl)s1. The molecule has 2 aromatic heterocycles. The number of aromatic amines is 1. The van der Waals surface area contributed by atoms with Crippen LogP contribution in [0.2, 0.25) is 4.34 Å². The van der Waals surface area contributed by atoms with Crippen LogP contribution in [-0.2, 0) is 0 Å². The highest BCUT2D eigenvalue weighted by molar-refractivity contribution is 7.19. The maximum atomic E-state index is 5.98. The number of H-pyrrole nitrogens is 1. The molecule has 0 spiro atoms. The van der Waals surface area contributed by atoms with Gasteiger partial charge in [-0.15, -0.1) is 11.3 Å². The van der Waals surface area contributed by atoms with E-state index in [0.29, 0.717) is 0 Å². The fourth-order valence-corrected chi connectivity index (χ4v) is 3.10. The van der Waals surface area contributed by atoms with Crippen molar-refractivity contribution in [3.63, 3.8) is 0 Å². The Balaban J connectivity index is 2.04. The highest BCUT2D eigenvalue weighted by Crippen LogP contribution is 2.34. The van der Waals surface area contributed by atoms with E-state index < -0.39 is 0 Å². The molecule has 0 saturated heterocycles. The van der Waals surface area contributed by atoms with Crippen molar-refractivity contribution in [1.29, 1.82) is 0 Å². The molecule has 2 heterocycles. The number of aryl methyl sites for hydroxylation is 1. The van der Waals surface area contributed by atoms with E-state index in [1.165, 1.54) is 16.0 Å². The minimum atomic E-state index is 0.819. The van der Waals surface area contributed by atoms with Crippen molar-refractivity contribution in [3.05, 3.63) is 52.6 Å². The predicted molar refractivity (Wildman–Crippen MR) is 77.1 cm³/mol. The maximum Gasteiger partial charge on any atom is 0.137 e. The van der Waals surface area contributed by atoms with E-state index in [0.717, 1.165) is 15.7 Å². The third-order valence-electron chi connectivity index (χ3n) is 2.84. The highest BCUT2D eigenvalue weighted by atomic mass is 35.5. The summed E-state index contributed by atoms with van der Waals surface area (Å²) in [5.74, 6) is 0.897. The van der Waals surface area contributed by atoms with Gasteiger partial charge in [-0.3, -0.25) is 0 Å². The summed E-state index contributed by atoms with van der Waals surface area (Å²) in [6, 6.07) is 10.3. The van der Waals surface area contributed by atoms with Crippen molar-refractivity contribution >= 4 is 22.9 Å². The number of nitrogens with one attached hydrogen (secondary N) is 1. The van der Waals surface area contributed by atoms with Gasteiger partial charge >= 0.3 is 0 Å². The van der Waals surface area contributed by atoms with Gasteiger partial charge in [-0.2, -0.15) is 0 Å². The first-order valence-corrected chi connectivity index (χ1v) is 6.79. The van der Waals surface area contributed by atoms with E-state index in [-0.39, 0.29) is 0 Å². The Labute approximate surface area is 114 Å². The average Bonchev–Trinajstić information content (AvgIpc) is 2.99. The van der Waals surface area contributed by atoms with Crippen LogP contribution in [0.3, 0.4) is 0 Å². The summed E-state index contributed by atoms with van der Waals surface area (Å²) in [5.41, 5.74) is 3.55. The van der Waals surface area contributed by atoms with Crippen LogP contribution in [0.15, 0.2) is 42.7 Å². The summed E-state index contributed by atoms with van der Waals surface area (Å²) < 4.78 is 0.819. The molecule has 0 fully saturated rings. The quantitative estimate of drug-likeness (QED) is 0.717. The summed E-state index contributed by atoms with van der Waals surface area (Å²) in [7, 11) is 0. The predicted octanol–water partition coefficient (Wildman–Crippen LogP) is 4.77. The second kappa shape index (κ2) is 4.59. The van der Waals surface area contributed by atoms with E-state index in [4.69, 9.17) is 11.6 Å². The topological polar surface area (TPSA) is 28.7 Å². The molecule has 0 saturated carbocycles. The summed E-state index contributed by atoms with van der Waals surface area (Å²) in [4.78, 5) is 8.57. The molecule has 4 heteroatoms. The molecule has 3 rings (SSSR count). The molecule has 0 aliphatic heterocycles. The van der Waals surface area contributed by atoms with Crippen LogP contribution in [0, 0.1) is 6.92 Å². The smallest absolute Gasteiger partial charge is 0.137 e. The first-order chi connectivity index (χ1) is 8.74. The maximum absolute atomic E-state index is 5.98. The summed E-state index contributed by atoms with van der Waals surface area (Å²) in [6.07, 6.45) is 3.59. The van der Waals surface area contributed by atoms with Crippen molar-refractivity contribution in [2.24, 2.45) is 0 Å². The molecule has 0 aliphatic rings. The molecule has 90 valence electrons. The Kier molecular flexibility index (Phi) is 2.94. The van der Waals surface area contributed by atoms with Crippen LogP contribution in [-0.4, -0.2) is 9.97 Å². The van der Waals surface area contributed by atoms with E-state index in [1.54, 1.807) is 17.5 Å². The van der Waals surface area contributed by atoms with Crippen LogP contribution in [0.4, 0.5) is 0 Å². The Morgan fingerprint density at radius 1 is 1.22 bits per heavy atom. The Hall–Kier alpha value is -1.58. The minimum absolute atomic E-state index is 0.819. The molecule has 0 unspecified atom stereocenters. The monoisotopic (exact) mass is 274 g/mol. The molecule has 0 aliphatic carbocycles. The first-order valence-electron chi connectivity index (χ1n) is 5.60. The number of imidazole rings is 1. The largest absolute Gasteiger partial charge is 0.345 e. The number of hydrogen-bond donors (Lipinski definition) is 1. The molecule has 0 atom stereocenters. The fourth-order valence-electron chi connectivity index (χ4n) is 1.97. The summed E-state index contributed by atoms with van der Waals surface area (Å²) >= 11 is 7.58. The molecule has 18 heavy (non-hydrogen) atoms. The van der Waals surface area contributed by atoms with E-state index >= 15 is 0 Å². The molecule has 1 N–H and O–H groups in total. The molecule has 0 amide bonds. The van der Waals surface area contributed by atoms with Gasteiger partial charge in [0.05, 0.1) is 4.34 Å². The summed E-state index contributed by atoms with van der Waals surface area (Å²) in [6.45, 7) is 2.11. The van der Waals surface area contributed by atoms with Crippen molar-refractivity contribution in [1.82, 2.24) is 9.97 Å². The average molecular weight is 275 g/mol. The number of halogens is 1. The van der Waals surface area contributed by atoms with Crippen LogP contribution < -0.4 is 0 Å². The zero-order valence-corrected chi connectivity index (χ0v) is 11.3. The number of thiophene rings is 1. The molecule has 3 aromatic rings. The van der Waals surface area contributed by atoms with Gasteiger partial charge in [-0.1, -0.05) is 23.7 Å². The number of rotatable bonds is 2. The Bertz CT molecular complexity index is 671. The zero-order chi connectivity index (χ0) is 12.5. The van der Waals surface area contributed by atoms with Gasteiger partial charge in [-0.25, -0.2) is 4.98 Å². The van der Waals surface area contributed by atoms with Gasteiger partial charge in [0.15, 0.2) is 0 Å². The van der Waals surface area contributed by atoms with Gasteiger partial charge in [0.25, 0.3) is 0 Å². The molecular weight excluding hydrogens is 264 g/mol. The second-order valence-corrected chi connectivity index (χ2v) is 5.79. The van der Waals surface area contributed by atoms with Crippen molar-refractivity contribution in [2.75, 3.05) is 0 Å². The molecule has 2 nitrogen and oxygen atoms in total. The van der Waals surface area contributed by atoms with Gasteiger partial charge in [-0.05, 0) is 36.2 Å².